The summed E-state index contributed by atoms with van der Waals surface area (Å²) in [6.45, 7) is 2.89. The minimum absolute atomic E-state index is 0.163. The fourth-order valence-corrected chi connectivity index (χ4v) is 2.07. The molecule has 0 aliphatic carbocycles. The zero-order valence-electron chi connectivity index (χ0n) is 11.6. The van der Waals surface area contributed by atoms with Crippen molar-refractivity contribution in [3.05, 3.63) is 58.6 Å². The van der Waals surface area contributed by atoms with Crippen molar-refractivity contribution in [3.8, 4) is 5.75 Å². The van der Waals surface area contributed by atoms with E-state index < -0.39 is 5.97 Å². The third-order valence-corrected chi connectivity index (χ3v) is 3.23. The number of para-hydroxylation sites is 1. The Balaban J connectivity index is 1.91. The molecular weight excluding hydrogens is 290 g/mol. The van der Waals surface area contributed by atoms with E-state index >= 15 is 0 Å². The van der Waals surface area contributed by atoms with Crippen LogP contribution in [0.1, 0.15) is 15.9 Å². The summed E-state index contributed by atoms with van der Waals surface area (Å²) in [7, 11) is 0. The average molecular weight is 306 g/mol. The molecule has 0 bridgehead atoms. The Morgan fingerprint density at radius 3 is 2.81 bits per heavy atom. The topological polar surface area (TPSA) is 58.6 Å². The van der Waals surface area contributed by atoms with Crippen molar-refractivity contribution in [2.24, 2.45) is 0 Å². The summed E-state index contributed by atoms with van der Waals surface area (Å²) in [6, 6.07) is 12.2. The Labute approximate surface area is 128 Å². The molecule has 2 N–H and O–H groups in total. The number of nitrogens with one attached hydrogen (secondary N) is 1. The van der Waals surface area contributed by atoms with Crippen LogP contribution >= 0.6 is 11.6 Å². The fourth-order valence-electron chi connectivity index (χ4n) is 1.90. The first-order valence-corrected chi connectivity index (χ1v) is 6.91. The van der Waals surface area contributed by atoms with E-state index in [0.29, 0.717) is 23.9 Å². The third kappa shape index (κ3) is 4.13. The van der Waals surface area contributed by atoms with Gasteiger partial charge in [-0.3, -0.25) is 0 Å². The summed E-state index contributed by atoms with van der Waals surface area (Å²) in [5, 5.41) is 12.9. The number of carbonyl (C=O) groups is 1. The zero-order valence-corrected chi connectivity index (χ0v) is 12.4. The lowest BCUT2D eigenvalue weighted by molar-refractivity contribution is 0.0692. The van der Waals surface area contributed by atoms with E-state index in [0.717, 1.165) is 11.3 Å². The SMILES string of the molecule is Cc1ccc(Cl)cc1NCCOc1ccccc1C(=O)O. The van der Waals surface area contributed by atoms with Crippen LogP contribution in [0.5, 0.6) is 5.75 Å². The van der Waals surface area contributed by atoms with Crippen molar-refractivity contribution in [1.82, 2.24) is 0 Å². The minimum Gasteiger partial charge on any atom is -0.491 e. The van der Waals surface area contributed by atoms with Crippen LogP contribution in [0, 0.1) is 6.92 Å². The number of aromatic carboxylic acids is 1. The van der Waals surface area contributed by atoms with Crippen molar-refractivity contribution in [2.45, 2.75) is 6.92 Å². The molecule has 0 spiro atoms. The van der Waals surface area contributed by atoms with Gasteiger partial charge in [-0.2, -0.15) is 0 Å². The third-order valence-electron chi connectivity index (χ3n) is 2.99. The van der Waals surface area contributed by atoms with Crippen LogP contribution in [0.3, 0.4) is 0 Å². The second-order valence-corrected chi connectivity index (χ2v) is 4.97. The fraction of sp³-hybridized carbons (Fsp3) is 0.188. The number of carboxylic acid groups (broad SMARTS) is 1. The quantitative estimate of drug-likeness (QED) is 0.796. The maximum absolute atomic E-state index is 11.0. The van der Waals surface area contributed by atoms with Crippen LogP contribution in [0.2, 0.25) is 5.02 Å². The van der Waals surface area contributed by atoms with Gasteiger partial charge >= 0.3 is 5.97 Å². The predicted octanol–water partition coefficient (Wildman–Crippen LogP) is 3.84. The van der Waals surface area contributed by atoms with Crippen molar-refractivity contribution in [2.75, 3.05) is 18.5 Å². The normalized spacial score (nSPS) is 10.2. The van der Waals surface area contributed by atoms with E-state index in [2.05, 4.69) is 5.32 Å². The van der Waals surface area contributed by atoms with E-state index in [1.165, 1.54) is 6.07 Å². The number of hydrogen-bond donors (Lipinski definition) is 2. The molecule has 0 amide bonds. The summed E-state index contributed by atoms with van der Waals surface area (Å²) < 4.78 is 5.51. The van der Waals surface area contributed by atoms with Gasteiger partial charge in [0.25, 0.3) is 0 Å². The van der Waals surface area contributed by atoms with Crippen molar-refractivity contribution in [3.63, 3.8) is 0 Å². The molecule has 0 unspecified atom stereocenters. The average Bonchev–Trinajstić information content (AvgIpc) is 2.47. The van der Waals surface area contributed by atoms with Crippen molar-refractivity contribution >= 4 is 23.3 Å². The highest BCUT2D eigenvalue weighted by Gasteiger charge is 2.09. The first-order valence-electron chi connectivity index (χ1n) is 6.53. The lowest BCUT2D eigenvalue weighted by atomic mass is 10.2. The van der Waals surface area contributed by atoms with Crippen LogP contribution in [0.25, 0.3) is 0 Å². The number of halogens is 1. The molecule has 0 heterocycles. The van der Waals surface area contributed by atoms with E-state index in [1.54, 1.807) is 18.2 Å². The zero-order chi connectivity index (χ0) is 15.2. The molecule has 0 saturated heterocycles. The number of aryl methyl sites for hydroxylation is 1. The molecule has 0 atom stereocenters. The van der Waals surface area contributed by atoms with Gasteiger partial charge in [-0.1, -0.05) is 29.8 Å². The monoisotopic (exact) mass is 305 g/mol. The first kappa shape index (κ1) is 15.2. The van der Waals surface area contributed by atoms with Gasteiger partial charge in [0.1, 0.15) is 17.9 Å². The maximum atomic E-state index is 11.0. The Kier molecular flexibility index (Phi) is 5.06. The number of benzene rings is 2. The Bertz CT molecular complexity index is 643. The molecule has 0 aliphatic heterocycles. The van der Waals surface area contributed by atoms with Gasteiger partial charge < -0.3 is 15.2 Å². The molecule has 21 heavy (non-hydrogen) atoms. The smallest absolute Gasteiger partial charge is 0.339 e. The molecule has 0 aliphatic rings. The van der Waals surface area contributed by atoms with Crippen LogP contribution in [0.15, 0.2) is 42.5 Å². The lowest BCUT2D eigenvalue weighted by Crippen LogP contribution is -2.13. The van der Waals surface area contributed by atoms with Gasteiger partial charge in [-0.25, -0.2) is 4.79 Å². The van der Waals surface area contributed by atoms with Crippen LogP contribution in [-0.2, 0) is 0 Å². The molecule has 0 saturated carbocycles. The van der Waals surface area contributed by atoms with E-state index in [4.69, 9.17) is 21.4 Å². The Morgan fingerprint density at radius 1 is 1.29 bits per heavy atom. The van der Waals surface area contributed by atoms with Gasteiger partial charge in [0.05, 0.1) is 0 Å². The van der Waals surface area contributed by atoms with Gasteiger partial charge in [0.2, 0.25) is 0 Å². The number of carboxylic acids is 1. The molecule has 2 rings (SSSR count). The Morgan fingerprint density at radius 2 is 2.05 bits per heavy atom. The van der Waals surface area contributed by atoms with Gasteiger partial charge in [-0.15, -0.1) is 0 Å². The summed E-state index contributed by atoms with van der Waals surface area (Å²) in [5.41, 5.74) is 2.19. The van der Waals surface area contributed by atoms with Gasteiger partial charge in [0, 0.05) is 17.3 Å². The molecule has 0 aromatic heterocycles. The van der Waals surface area contributed by atoms with Gasteiger partial charge in [-0.05, 0) is 36.8 Å². The van der Waals surface area contributed by atoms with E-state index in [9.17, 15) is 4.79 Å². The molecule has 0 radical (unpaired) electrons. The van der Waals surface area contributed by atoms with Crippen LogP contribution < -0.4 is 10.1 Å². The molecule has 110 valence electrons. The Hall–Kier alpha value is -2.20. The largest absolute Gasteiger partial charge is 0.491 e. The highest BCUT2D eigenvalue weighted by Crippen LogP contribution is 2.20. The second-order valence-electron chi connectivity index (χ2n) is 4.54. The molecular formula is C16H16ClNO3. The highest BCUT2D eigenvalue weighted by atomic mass is 35.5. The number of hydrogen-bond acceptors (Lipinski definition) is 3. The van der Waals surface area contributed by atoms with Crippen molar-refractivity contribution < 1.29 is 14.6 Å². The van der Waals surface area contributed by atoms with E-state index in [-0.39, 0.29) is 5.56 Å². The predicted molar refractivity (Wildman–Crippen MR) is 83.6 cm³/mol. The molecule has 2 aromatic carbocycles. The highest BCUT2D eigenvalue weighted by molar-refractivity contribution is 6.30. The summed E-state index contributed by atoms with van der Waals surface area (Å²) in [6.07, 6.45) is 0. The molecule has 0 fully saturated rings. The summed E-state index contributed by atoms with van der Waals surface area (Å²) in [5.74, 6) is -0.626. The first-order chi connectivity index (χ1) is 10.1. The molecule has 2 aromatic rings. The molecule has 5 heteroatoms. The number of rotatable bonds is 6. The second kappa shape index (κ2) is 6.99. The maximum Gasteiger partial charge on any atom is 0.339 e. The standard InChI is InChI=1S/C16H16ClNO3/c1-11-6-7-12(17)10-14(11)18-8-9-21-15-5-3-2-4-13(15)16(19)20/h2-7,10,18H,8-9H2,1H3,(H,19,20). The summed E-state index contributed by atoms with van der Waals surface area (Å²) >= 11 is 5.94. The number of anilines is 1. The lowest BCUT2D eigenvalue weighted by Gasteiger charge is -2.12. The summed E-state index contributed by atoms with van der Waals surface area (Å²) in [4.78, 5) is 11.0. The number of ether oxygens (including phenoxy) is 1. The van der Waals surface area contributed by atoms with Crippen molar-refractivity contribution in [1.29, 1.82) is 0 Å². The van der Waals surface area contributed by atoms with Gasteiger partial charge in [0.15, 0.2) is 0 Å². The van der Waals surface area contributed by atoms with Crippen LogP contribution in [-0.4, -0.2) is 24.2 Å². The van der Waals surface area contributed by atoms with Crippen LogP contribution in [0.4, 0.5) is 5.69 Å². The van der Waals surface area contributed by atoms with E-state index in [1.807, 2.05) is 25.1 Å². The minimum atomic E-state index is -0.996. The molecule has 4 nitrogen and oxygen atoms in total.